The summed E-state index contributed by atoms with van der Waals surface area (Å²) in [4.78, 5) is 14.9. The summed E-state index contributed by atoms with van der Waals surface area (Å²) >= 11 is 3.37. The Bertz CT molecular complexity index is 916. The molecule has 0 aromatic carbocycles. The molecule has 0 amide bonds. The van der Waals surface area contributed by atoms with Gasteiger partial charge in [-0.3, -0.25) is 0 Å². The van der Waals surface area contributed by atoms with Gasteiger partial charge in [0.25, 0.3) is 0 Å². The Morgan fingerprint density at radius 3 is 2.95 bits per heavy atom. The van der Waals surface area contributed by atoms with Gasteiger partial charge >= 0.3 is 0 Å². The minimum absolute atomic E-state index is 0.210. The first-order valence-corrected chi connectivity index (χ1v) is 7.19. The van der Waals surface area contributed by atoms with E-state index in [1.807, 2.05) is 35.0 Å². The highest BCUT2D eigenvalue weighted by atomic mass is 79.9. The topological polar surface area (TPSA) is 94.1 Å². The normalized spacial score (nSPS) is 10.5. The predicted octanol–water partition coefficient (Wildman–Crippen LogP) is 2.65. The zero-order chi connectivity index (χ0) is 15.5. The van der Waals surface area contributed by atoms with Crippen LogP contribution in [0.4, 0.5) is 5.95 Å². The van der Waals surface area contributed by atoms with Gasteiger partial charge < -0.3 is 19.9 Å². The highest BCUT2D eigenvalue weighted by molar-refractivity contribution is 9.10. The summed E-state index contributed by atoms with van der Waals surface area (Å²) in [5, 5.41) is 0.840. The molecule has 0 saturated heterocycles. The van der Waals surface area contributed by atoms with Gasteiger partial charge in [0.1, 0.15) is 11.3 Å². The number of nitrogens with one attached hydrogen (secondary N) is 1. The maximum absolute atomic E-state index is 5.44. The van der Waals surface area contributed by atoms with E-state index in [9.17, 15) is 0 Å². The molecule has 0 aliphatic heterocycles. The summed E-state index contributed by atoms with van der Waals surface area (Å²) in [6.45, 7) is 0. The number of hydrogen-bond acceptors (Lipinski definition) is 5. The second-order valence-corrected chi connectivity index (χ2v) is 5.29. The number of imidazole rings is 1. The van der Waals surface area contributed by atoms with Crippen LogP contribution < -0.4 is 10.5 Å². The Kier molecular flexibility index (Phi) is 3.92. The molecule has 0 spiro atoms. The lowest BCUT2D eigenvalue weighted by Gasteiger charge is -1.99. The number of aromatic amines is 1. The van der Waals surface area contributed by atoms with Gasteiger partial charge in [0.15, 0.2) is 0 Å². The molecular formula is C14H13BrN6O. The summed E-state index contributed by atoms with van der Waals surface area (Å²) in [5.74, 6) is 0.709. The second-order valence-electron chi connectivity index (χ2n) is 4.37. The molecule has 4 rings (SSSR count). The summed E-state index contributed by atoms with van der Waals surface area (Å²) < 4.78 is 8.05. The quantitative estimate of drug-likeness (QED) is 0.544. The third kappa shape index (κ3) is 2.86. The van der Waals surface area contributed by atoms with E-state index < -0.39 is 0 Å². The molecule has 4 heterocycles. The van der Waals surface area contributed by atoms with Crippen LogP contribution in [-0.2, 0) is 0 Å². The van der Waals surface area contributed by atoms with Crippen LogP contribution in [0, 0.1) is 0 Å². The standard InChI is InChI=1S/C7H5BrN2.C7H8N4O/c8-6-1-2-7-9-3-4-10(7)5-6;1-12-6-4-2-3-9-5(4)10-7(8)11-6/h1-5H;2-3H,1H3,(H3,8,9,10,11). The predicted molar refractivity (Wildman–Crippen MR) is 87.7 cm³/mol. The van der Waals surface area contributed by atoms with E-state index in [0.717, 1.165) is 15.5 Å². The first kappa shape index (κ1) is 14.3. The van der Waals surface area contributed by atoms with Crippen molar-refractivity contribution in [1.29, 1.82) is 0 Å². The number of methoxy groups -OCH3 is 1. The van der Waals surface area contributed by atoms with Crippen LogP contribution in [0.1, 0.15) is 0 Å². The van der Waals surface area contributed by atoms with E-state index in [1.54, 1.807) is 19.5 Å². The number of halogens is 1. The van der Waals surface area contributed by atoms with Gasteiger partial charge in [0.05, 0.1) is 12.5 Å². The van der Waals surface area contributed by atoms with Gasteiger partial charge in [-0.1, -0.05) is 0 Å². The van der Waals surface area contributed by atoms with Crippen molar-refractivity contribution in [3.05, 3.63) is 47.5 Å². The summed E-state index contributed by atoms with van der Waals surface area (Å²) in [5.41, 5.74) is 7.11. The second kappa shape index (κ2) is 6.02. The number of nitrogen functional groups attached to an aromatic ring is 1. The number of pyridine rings is 1. The van der Waals surface area contributed by atoms with Crippen molar-refractivity contribution in [2.24, 2.45) is 0 Å². The molecule has 22 heavy (non-hydrogen) atoms. The minimum atomic E-state index is 0.210. The number of nitrogens with two attached hydrogens (primary N) is 1. The number of fused-ring (bicyclic) bond motifs is 2. The molecule has 0 radical (unpaired) electrons. The molecular weight excluding hydrogens is 348 g/mol. The van der Waals surface area contributed by atoms with Gasteiger partial charge in [-0.05, 0) is 34.1 Å². The van der Waals surface area contributed by atoms with Crippen molar-refractivity contribution in [3.63, 3.8) is 0 Å². The molecule has 4 aromatic rings. The van der Waals surface area contributed by atoms with Crippen molar-refractivity contribution in [3.8, 4) is 5.88 Å². The Labute approximate surface area is 134 Å². The average Bonchev–Trinajstić information content (AvgIpc) is 3.14. The number of nitrogens with zero attached hydrogens (tertiary/aromatic N) is 4. The van der Waals surface area contributed by atoms with E-state index in [1.165, 1.54) is 0 Å². The van der Waals surface area contributed by atoms with Gasteiger partial charge in [0.2, 0.25) is 11.8 Å². The van der Waals surface area contributed by atoms with E-state index in [-0.39, 0.29) is 5.95 Å². The molecule has 112 valence electrons. The highest BCUT2D eigenvalue weighted by Gasteiger charge is 2.05. The fourth-order valence-electron chi connectivity index (χ4n) is 1.98. The van der Waals surface area contributed by atoms with Gasteiger partial charge in [0, 0.05) is 29.3 Å². The lowest BCUT2D eigenvalue weighted by molar-refractivity contribution is 0.403. The van der Waals surface area contributed by atoms with Crippen LogP contribution in [0.25, 0.3) is 16.7 Å². The molecule has 0 aliphatic carbocycles. The molecule has 0 bridgehead atoms. The maximum atomic E-state index is 5.44. The highest BCUT2D eigenvalue weighted by Crippen LogP contribution is 2.21. The van der Waals surface area contributed by atoms with E-state index in [4.69, 9.17) is 10.5 Å². The monoisotopic (exact) mass is 360 g/mol. The number of anilines is 1. The molecule has 3 N–H and O–H groups in total. The molecule has 4 aromatic heterocycles. The van der Waals surface area contributed by atoms with Crippen LogP contribution in [0.2, 0.25) is 0 Å². The first-order chi connectivity index (χ1) is 10.7. The Balaban J connectivity index is 0.000000133. The molecule has 0 fully saturated rings. The molecule has 0 unspecified atom stereocenters. The van der Waals surface area contributed by atoms with E-state index in [2.05, 4.69) is 35.9 Å². The Morgan fingerprint density at radius 2 is 2.14 bits per heavy atom. The summed E-state index contributed by atoms with van der Waals surface area (Å²) in [7, 11) is 1.55. The van der Waals surface area contributed by atoms with Crippen LogP contribution in [-0.4, -0.2) is 31.4 Å². The van der Waals surface area contributed by atoms with E-state index >= 15 is 0 Å². The first-order valence-electron chi connectivity index (χ1n) is 6.40. The third-order valence-corrected chi connectivity index (χ3v) is 3.41. The molecule has 8 heteroatoms. The number of ether oxygens (including phenoxy) is 1. The number of hydrogen-bond donors (Lipinski definition) is 2. The summed E-state index contributed by atoms with van der Waals surface area (Å²) in [6.07, 6.45) is 7.44. The van der Waals surface area contributed by atoms with Crippen LogP contribution in [0.15, 0.2) is 47.5 Å². The lowest BCUT2D eigenvalue weighted by Crippen LogP contribution is -1.97. The number of aromatic nitrogens is 5. The van der Waals surface area contributed by atoms with E-state index in [0.29, 0.717) is 11.5 Å². The summed E-state index contributed by atoms with van der Waals surface area (Å²) in [6, 6.07) is 5.78. The molecule has 0 atom stereocenters. The van der Waals surface area contributed by atoms with Gasteiger partial charge in [-0.2, -0.15) is 9.97 Å². The van der Waals surface area contributed by atoms with Crippen molar-refractivity contribution >= 4 is 38.6 Å². The van der Waals surface area contributed by atoms with Crippen molar-refractivity contribution in [2.45, 2.75) is 0 Å². The van der Waals surface area contributed by atoms with Crippen molar-refractivity contribution < 1.29 is 4.74 Å². The van der Waals surface area contributed by atoms with Crippen LogP contribution >= 0.6 is 15.9 Å². The average molecular weight is 361 g/mol. The molecule has 0 aliphatic rings. The largest absolute Gasteiger partial charge is 0.480 e. The Morgan fingerprint density at radius 1 is 1.27 bits per heavy atom. The fraction of sp³-hybridized carbons (Fsp3) is 0.0714. The van der Waals surface area contributed by atoms with Crippen molar-refractivity contribution in [2.75, 3.05) is 12.8 Å². The number of rotatable bonds is 1. The van der Waals surface area contributed by atoms with Gasteiger partial charge in [-0.15, -0.1) is 0 Å². The van der Waals surface area contributed by atoms with Crippen molar-refractivity contribution in [1.82, 2.24) is 24.3 Å². The van der Waals surface area contributed by atoms with Crippen LogP contribution in [0.3, 0.4) is 0 Å². The number of H-pyrrole nitrogens is 1. The lowest BCUT2D eigenvalue weighted by atomic mass is 10.4. The zero-order valence-corrected chi connectivity index (χ0v) is 13.3. The molecule has 7 nitrogen and oxygen atoms in total. The Hall–Kier alpha value is -2.61. The van der Waals surface area contributed by atoms with Crippen LogP contribution in [0.5, 0.6) is 5.88 Å². The SMILES string of the molecule is Brc1ccc2nccn2c1.COc1nc(N)nc2[nH]ccc12. The van der Waals surface area contributed by atoms with Gasteiger partial charge in [-0.25, -0.2) is 4.98 Å². The smallest absolute Gasteiger partial charge is 0.227 e. The molecule has 0 saturated carbocycles. The minimum Gasteiger partial charge on any atom is -0.480 e. The fourth-order valence-corrected chi connectivity index (χ4v) is 2.33. The third-order valence-electron chi connectivity index (χ3n) is 2.94. The maximum Gasteiger partial charge on any atom is 0.227 e. The zero-order valence-electron chi connectivity index (χ0n) is 11.7.